The number of ether oxygens (including phenoxy) is 3. The molecule has 0 saturated carbocycles. The molecule has 248 valence electrons. The second-order valence-corrected chi connectivity index (χ2v) is 13.1. The third-order valence-electron chi connectivity index (χ3n) is 7.64. The Hall–Kier alpha value is -3.67. The van der Waals surface area contributed by atoms with Crippen LogP contribution >= 0.6 is 39.3 Å². The van der Waals surface area contributed by atoms with Crippen molar-refractivity contribution < 1.29 is 19.0 Å². The Bertz CT molecular complexity index is 1750. The standard InChI is InChI=1S/C35H39BrClN5O4S/c1-5-7-8-13-18-46-32-25(36)19-24(20-29(32)44-4)31-30(33(43)39-27-16-11-12-17-28(27)45-6-2)22(3)38-34-40-35(41-42(31)34)47-21-23-14-9-10-15-26(23)37/h9-12,14-17,19-20,31H,5-8,13,18,21H2,1-4H3,(H,39,43)(H,38,40,41). The largest absolute Gasteiger partial charge is 0.493 e. The molecule has 0 saturated heterocycles. The van der Waals surface area contributed by atoms with Gasteiger partial charge in [0.15, 0.2) is 11.5 Å². The number of anilines is 2. The highest BCUT2D eigenvalue weighted by molar-refractivity contribution is 9.10. The number of benzene rings is 3. The number of para-hydroxylation sites is 2. The average Bonchev–Trinajstić information content (AvgIpc) is 3.47. The van der Waals surface area contributed by atoms with E-state index in [9.17, 15) is 4.79 Å². The fraction of sp³-hybridized carbons (Fsp3) is 0.343. The zero-order valence-corrected chi connectivity index (χ0v) is 30.1. The summed E-state index contributed by atoms with van der Waals surface area (Å²) >= 11 is 11.6. The molecule has 0 bridgehead atoms. The second-order valence-electron chi connectivity index (χ2n) is 10.9. The van der Waals surface area contributed by atoms with Gasteiger partial charge < -0.3 is 24.8 Å². The third-order valence-corrected chi connectivity index (χ3v) is 9.48. The molecule has 47 heavy (non-hydrogen) atoms. The van der Waals surface area contributed by atoms with Gasteiger partial charge in [0.25, 0.3) is 5.91 Å². The Kier molecular flexibility index (Phi) is 12.1. The highest BCUT2D eigenvalue weighted by Crippen LogP contribution is 2.44. The number of rotatable bonds is 15. The van der Waals surface area contributed by atoms with Gasteiger partial charge in [-0.2, -0.15) is 4.98 Å². The maximum Gasteiger partial charge on any atom is 0.255 e. The van der Waals surface area contributed by atoms with Crippen molar-refractivity contribution in [3.63, 3.8) is 0 Å². The summed E-state index contributed by atoms with van der Waals surface area (Å²) in [5.41, 5.74) is 3.45. The van der Waals surface area contributed by atoms with Crippen molar-refractivity contribution in [3.8, 4) is 17.2 Å². The Morgan fingerprint density at radius 3 is 2.62 bits per heavy atom. The van der Waals surface area contributed by atoms with Crippen LogP contribution in [0, 0.1) is 0 Å². The summed E-state index contributed by atoms with van der Waals surface area (Å²) in [7, 11) is 1.61. The smallest absolute Gasteiger partial charge is 0.255 e. The summed E-state index contributed by atoms with van der Waals surface area (Å²) < 4.78 is 20.3. The number of nitrogens with zero attached hydrogens (tertiary/aromatic N) is 3. The lowest BCUT2D eigenvalue weighted by molar-refractivity contribution is -0.113. The van der Waals surface area contributed by atoms with Crippen molar-refractivity contribution in [3.05, 3.63) is 92.6 Å². The van der Waals surface area contributed by atoms with Crippen LogP contribution in [0.5, 0.6) is 17.2 Å². The number of methoxy groups -OCH3 is 1. The van der Waals surface area contributed by atoms with Crippen molar-refractivity contribution >= 4 is 56.8 Å². The predicted molar refractivity (Wildman–Crippen MR) is 192 cm³/mol. The molecule has 4 aromatic rings. The van der Waals surface area contributed by atoms with E-state index < -0.39 is 6.04 Å². The molecule has 0 spiro atoms. The summed E-state index contributed by atoms with van der Waals surface area (Å²) in [5, 5.41) is 12.5. The number of hydrogen-bond acceptors (Lipinski definition) is 8. The van der Waals surface area contributed by atoms with Gasteiger partial charge in [-0.15, -0.1) is 5.10 Å². The molecule has 2 heterocycles. The van der Waals surface area contributed by atoms with Gasteiger partial charge in [0.1, 0.15) is 11.8 Å². The lowest BCUT2D eigenvalue weighted by Crippen LogP contribution is -2.31. The molecule has 5 rings (SSSR count). The minimum Gasteiger partial charge on any atom is -0.493 e. The van der Waals surface area contributed by atoms with E-state index in [1.807, 2.05) is 74.5 Å². The van der Waals surface area contributed by atoms with Crippen molar-refractivity contribution in [2.45, 2.75) is 63.4 Å². The van der Waals surface area contributed by atoms with Crippen LogP contribution in [-0.2, 0) is 10.5 Å². The minimum atomic E-state index is -0.642. The van der Waals surface area contributed by atoms with Gasteiger partial charge in [0, 0.05) is 16.5 Å². The van der Waals surface area contributed by atoms with E-state index in [1.165, 1.54) is 18.2 Å². The predicted octanol–water partition coefficient (Wildman–Crippen LogP) is 9.28. The SMILES string of the molecule is CCCCCCOc1c(Br)cc(C2C(C(=O)Nc3ccccc3OCC)=C(C)Nc3nc(SCc4ccccc4Cl)nn32)cc1OC. The van der Waals surface area contributed by atoms with E-state index in [2.05, 4.69) is 33.5 Å². The molecule has 3 aromatic carbocycles. The van der Waals surface area contributed by atoms with Crippen LogP contribution in [-0.4, -0.2) is 41.0 Å². The first-order valence-corrected chi connectivity index (χ1v) is 17.8. The normalized spacial score (nSPS) is 14.0. The van der Waals surface area contributed by atoms with Gasteiger partial charge in [-0.1, -0.05) is 79.9 Å². The molecule has 1 amide bonds. The summed E-state index contributed by atoms with van der Waals surface area (Å²) in [6, 6.07) is 18.3. The molecular formula is C35H39BrClN5O4S. The summed E-state index contributed by atoms with van der Waals surface area (Å²) in [4.78, 5) is 19.0. The fourth-order valence-electron chi connectivity index (χ4n) is 5.33. The number of allylic oxidation sites excluding steroid dienone is 1. The Morgan fingerprint density at radius 1 is 1.06 bits per heavy atom. The number of hydrogen-bond donors (Lipinski definition) is 2. The van der Waals surface area contributed by atoms with E-state index in [0.717, 1.165) is 34.9 Å². The van der Waals surface area contributed by atoms with Gasteiger partial charge in [-0.3, -0.25) is 4.79 Å². The number of aromatic nitrogens is 3. The number of thioether (sulfide) groups is 1. The molecule has 1 unspecified atom stereocenters. The quantitative estimate of drug-likeness (QED) is 0.0920. The van der Waals surface area contributed by atoms with E-state index in [4.69, 9.17) is 35.9 Å². The first kappa shape index (κ1) is 34.7. The van der Waals surface area contributed by atoms with Crippen molar-refractivity contribution in [1.82, 2.24) is 14.8 Å². The molecule has 12 heteroatoms. The second kappa shape index (κ2) is 16.4. The maximum atomic E-state index is 14.2. The van der Waals surface area contributed by atoms with Crippen LogP contribution in [0.1, 0.15) is 63.6 Å². The summed E-state index contributed by atoms with van der Waals surface area (Å²) in [6.45, 7) is 7.00. The van der Waals surface area contributed by atoms with E-state index in [-0.39, 0.29) is 5.91 Å². The van der Waals surface area contributed by atoms with E-state index >= 15 is 0 Å². The number of amides is 1. The molecule has 9 nitrogen and oxygen atoms in total. The van der Waals surface area contributed by atoms with Gasteiger partial charge in [0.2, 0.25) is 11.1 Å². The molecule has 0 aliphatic carbocycles. The van der Waals surface area contributed by atoms with Gasteiger partial charge in [-0.25, -0.2) is 4.68 Å². The van der Waals surface area contributed by atoms with Crippen LogP contribution in [0.3, 0.4) is 0 Å². The van der Waals surface area contributed by atoms with Crippen molar-refractivity contribution in [1.29, 1.82) is 0 Å². The summed E-state index contributed by atoms with van der Waals surface area (Å²) in [5.74, 6) is 2.57. The van der Waals surface area contributed by atoms with Crippen LogP contribution < -0.4 is 24.8 Å². The van der Waals surface area contributed by atoms with Crippen LogP contribution in [0.2, 0.25) is 5.02 Å². The highest BCUT2D eigenvalue weighted by Gasteiger charge is 2.36. The number of carbonyl (C=O) groups is 1. The fourth-order valence-corrected chi connectivity index (χ4v) is 7.02. The van der Waals surface area contributed by atoms with E-state index in [0.29, 0.717) is 69.3 Å². The molecule has 0 fully saturated rings. The van der Waals surface area contributed by atoms with Crippen LogP contribution in [0.25, 0.3) is 0 Å². The zero-order valence-electron chi connectivity index (χ0n) is 26.9. The maximum absolute atomic E-state index is 14.2. The van der Waals surface area contributed by atoms with Crippen molar-refractivity contribution in [2.75, 3.05) is 31.0 Å². The number of nitrogens with one attached hydrogen (secondary N) is 2. The van der Waals surface area contributed by atoms with Gasteiger partial charge in [0.05, 0.1) is 36.1 Å². The molecule has 1 atom stereocenters. The lowest BCUT2D eigenvalue weighted by Gasteiger charge is -2.29. The first-order chi connectivity index (χ1) is 22.8. The number of carbonyl (C=O) groups excluding carboxylic acids is 1. The molecule has 0 radical (unpaired) electrons. The number of halogens is 2. The summed E-state index contributed by atoms with van der Waals surface area (Å²) in [6.07, 6.45) is 4.37. The lowest BCUT2D eigenvalue weighted by atomic mass is 9.94. The molecule has 1 aromatic heterocycles. The average molecular weight is 741 g/mol. The molecule has 1 aliphatic rings. The minimum absolute atomic E-state index is 0.301. The van der Waals surface area contributed by atoms with Gasteiger partial charge in [-0.05, 0) is 77.7 Å². The topological polar surface area (TPSA) is 99.5 Å². The number of fused-ring (bicyclic) bond motifs is 1. The Balaban J connectivity index is 1.52. The van der Waals surface area contributed by atoms with Gasteiger partial charge >= 0.3 is 0 Å². The zero-order chi connectivity index (χ0) is 33.3. The first-order valence-electron chi connectivity index (χ1n) is 15.7. The highest BCUT2D eigenvalue weighted by atomic mass is 79.9. The van der Waals surface area contributed by atoms with E-state index in [1.54, 1.807) is 11.8 Å². The Morgan fingerprint density at radius 2 is 1.85 bits per heavy atom. The Labute approximate surface area is 293 Å². The number of unbranched alkanes of at least 4 members (excludes halogenated alkanes) is 3. The molecule has 2 N–H and O–H groups in total. The molecule has 1 aliphatic heterocycles. The van der Waals surface area contributed by atoms with Crippen molar-refractivity contribution in [2.24, 2.45) is 0 Å². The van der Waals surface area contributed by atoms with Crippen LogP contribution in [0.15, 0.2) is 81.6 Å². The van der Waals surface area contributed by atoms with Crippen LogP contribution in [0.4, 0.5) is 11.6 Å². The monoisotopic (exact) mass is 739 g/mol. The molecular weight excluding hydrogens is 702 g/mol. The third kappa shape index (κ3) is 8.25.